The SMILES string of the molecule is CCC(C#N)(CCCn1ccc(C)n1)NC. The minimum atomic E-state index is -0.373. The number of nitriles is 1. The number of aryl methyl sites for hydroxylation is 2. The number of aromatic nitrogens is 2. The first-order valence-electron chi connectivity index (χ1n) is 5.76. The summed E-state index contributed by atoms with van der Waals surface area (Å²) in [4.78, 5) is 0. The normalized spacial score (nSPS) is 14.4. The minimum absolute atomic E-state index is 0.373. The molecule has 1 aromatic heterocycles. The van der Waals surface area contributed by atoms with E-state index >= 15 is 0 Å². The van der Waals surface area contributed by atoms with Gasteiger partial charge in [0.15, 0.2) is 0 Å². The lowest BCUT2D eigenvalue weighted by molar-refractivity contribution is 0.375. The Bertz CT molecular complexity index is 357. The molecule has 0 aliphatic carbocycles. The Kier molecular flexibility index (Phi) is 4.51. The monoisotopic (exact) mass is 220 g/mol. The van der Waals surface area contributed by atoms with Gasteiger partial charge in [-0.2, -0.15) is 10.4 Å². The van der Waals surface area contributed by atoms with Gasteiger partial charge in [-0.05, 0) is 39.3 Å². The van der Waals surface area contributed by atoms with E-state index in [1.54, 1.807) is 0 Å². The van der Waals surface area contributed by atoms with Gasteiger partial charge in [0, 0.05) is 12.7 Å². The van der Waals surface area contributed by atoms with Gasteiger partial charge in [-0.3, -0.25) is 4.68 Å². The van der Waals surface area contributed by atoms with Crippen LogP contribution in [-0.2, 0) is 6.54 Å². The summed E-state index contributed by atoms with van der Waals surface area (Å²) in [6.45, 7) is 4.90. The van der Waals surface area contributed by atoms with Crippen molar-refractivity contribution in [3.63, 3.8) is 0 Å². The topological polar surface area (TPSA) is 53.6 Å². The number of nitrogens with one attached hydrogen (secondary N) is 1. The maximum atomic E-state index is 9.14. The highest BCUT2D eigenvalue weighted by Gasteiger charge is 2.24. The molecular weight excluding hydrogens is 200 g/mol. The summed E-state index contributed by atoms with van der Waals surface area (Å²) < 4.78 is 1.93. The van der Waals surface area contributed by atoms with Gasteiger partial charge in [-0.1, -0.05) is 6.92 Å². The van der Waals surface area contributed by atoms with Gasteiger partial charge in [-0.15, -0.1) is 0 Å². The maximum absolute atomic E-state index is 9.14. The molecule has 4 nitrogen and oxygen atoms in total. The number of nitrogens with zero attached hydrogens (tertiary/aromatic N) is 3. The molecule has 1 unspecified atom stereocenters. The molecule has 16 heavy (non-hydrogen) atoms. The lowest BCUT2D eigenvalue weighted by atomic mass is 9.92. The molecular formula is C12H20N4. The van der Waals surface area contributed by atoms with Crippen molar-refractivity contribution >= 4 is 0 Å². The van der Waals surface area contributed by atoms with Gasteiger partial charge in [0.25, 0.3) is 0 Å². The molecule has 0 bridgehead atoms. The molecule has 0 amide bonds. The van der Waals surface area contributed by atoms with Crippen LogP contribution in [0, 0.1) is 18.3 Å². The Morgan fingerprint density at radius 2 is 2.38 bits per heavy atom. The van der Waals surface area contributed by atoms with Crippen LogP contribution in [0.4, 0.5) is 0 Å². The van der Waals surface area contributed by atoms with E-state index in [1.807, 2.05) is 37.8 Å². The van der Waals surface area contributed by atoms with Gasteiger partial charge in [0.1, 0.15) is 5.54 Å². The largest absolute Gasteiger partial charge is 0.302 e. The molecule has 0 fully saturated rings. The Balaban J connectivity index is 2.43. The summed E-state index contributed by atoms with van der Waals surface area (Å²) in [5.74, 6) is 0. The first-order valence-corrected chi connectivity index (χ1v) is 5.76. The second kappa shape index (κ2) is 5.66. The third-order valence-electron chi connectivity index (χ3n) is 3.06. The predicted molar refractivity (Wildman–Crippen MR) is 63.9 cm³/mol. The second-order valence-corrected chi connectivity index (χ2v) is 4.12. The highest BCUT2D eigenvalue weighted by molar-refractivity contribution is 5.05. The zero-order valence-electron chi connectivity index (χ0n) is 10.3. The molecule has 1 rings (SSSR count). The summed E-state index contributed by atoms with van der Waals surface area (Å²) in [5.41, 5.74) is 0.665. The van der Waals surface area contributed by atoms with Crippen LogP contribution in [0.1, 0.15) is 31.9 Å². The Morgan fingerprint density at radius 3 is 2.81 bits per heavy atom. The first-order chi connectivity index (χ1) is 7.65. The van der Waals surface area contributed by atoms with Crippen molar-refractivity contribution < 1.29 is 0 Å². The van der Waals surface area contributed by atoms with Gasteiger partial charge < -0.3 is 5.32 Å². The Morgan fingerprint density at radius 1 is 1.62 bits per heavy atom. The minimum Gasteiger partial charge on any atom is -0.302 e. The van der Waals surface area contributed by atoms with E-state index in [2.05, 4.69) is 16.5 Å². The van der Waals surface area contributed by atoms with Crippen molar-refractivity contribution in [1.29, 1.82) is 5.26 Å². The smallest absolute Gasteiger partial charge is 0.106 e. The van der Waals surface area contributed by atoms with E-state index in [9.17, 15) is 0 Å². The summed E-state index contributed by atoms with van der Waals surface area (Å²) >= 11 is 0. The molecule has 1 aromatic rings. The Hall–Kier alpha value is -1.34. The molecule has 1 heterocycles. The van der Waals surface area contributed by atoms with Crippen LogP contribution in [0.25, 0.3) is 0 Å². The third kappa shape index (κ3) is 3.07. The number of rotatable bonds is 6. The molecule has 88 valence electrons. The van der Waals surface area contributed by atoms with Crippen molar-refractivity contribution in [2.45, 2.75) is 45.2 Å². The van der Waals surface area contributed by atoms with Crippen molar-refractivity contribution in [3.05, 3.63) is 18.0 Å². The summed E-state index contributed by atoms with van der Waals surface area (Å²) in [5, 5.41) is 16.6. The molecule has 0 aromatic carbocycles. The second-order valence-electron chi connectivity index (χ2n) is 4.12. The molecule has 1 atom stereocenters. The molecule has 0 radical (unpaired) electrons. The maximum Gasteiger partial charge on any atom is 0.106 e. The van der Waals surface area contributed by atoms with Gasteiger partial charge in [0.2, 0.25) is 0 Å². The van der Waals surface area contributed by atoms with E-state index in [-0.39, 0.29) is 5.54 Å². The summed E-state index contributed by atoms with van der Waals surface area (Å²) in [6, 6.07) is 4.36. The summed E-state index contributed by atoms with van der Waals surface area (Å²) in [6.07, 6.45) is 4.63. The number of hydrogen-bond acceptors (Lipinski definition) is 3. The lowest BCUT2D eigenvalue weighted by Crippen LogP contribution is -2.40. The fourth-order valence-electron chi connectivity index (χ4n) is 1.80. The number of hydrogen-bond donors (Lipinski definition) is 1. The zero-order chi connectivity index (χ0) is 12.0. The summed E-state index contributed by atoms with van der Waals surface area (Å²) in [7, 11) is 1.85. The van der Waals surface area contributed by atoms with Gasteiger partial charge in [0.05, 0.1) is 11.8 Å². The van der Waals surface area contributed by atoms with Crippen LogP contribution in [0.2, 0.25) is 0 Å². The van der Waals surface area contributed by atoms with Gasteiger partial charge in [-0.25, -0.2) is 0 Å². The predicted octanol–water partition coefficient (Wildman–Crippen LogP) is 1.86. The highest BCUT2D eigenvalue weighted by Crippen LogP contribution is 2.16. The first kappa shape index (κ1) is 12.7. The van der Waals surface area contributed by atoms with Crippen LogP contribution >= 0.6 is 0 Å². The van der Waals surface area contributed by atoms with Crippen LogP contribution in [0.3, 0.4) is 0 Å². The zero-order valence-corrected chi connectivity index (χ0v) is 10.3. The van der Waals surface area contributed by atoms with Crippen LogP contribution in [0.5, 0.6) is 0 Å². The third-order valence-corrected chi connectivity index (χ3v) is 3.06. The van der Waals surface area contributed by atoms with Crippen LogP contribution < -0.4 is 5.32 Å². The molecule has 0 saturated heterocycles. The molecule has 0 saturated carbocycles. The molecule has 4 heteroatoms. The molecule has 1 N–H and O–H groups in total. The van der Waals surface area contributed by atoms with Gasteiger partial charge >= 0.3 is 0 Å². The quantitative estimate of drug-likeness (QED) is 0.796. The van der Waals surface area contributed by atoms with Crippen molar-refractivity contribution in [1.82, 2.24) is 15.1 Å². The fourth-order valence-corrected chi connectivity index (χ4v) is 1.80. The van der Waals surface area contributed by atoms with Crippen molar-refractivity contribution in [2.24, 2.45) is 0 Å². The van der Waals surface area contributed by atoms with Crippen molar-refractivity contribution in [3.8, 4) is 6.07 Å². The van der Waals surface area contributed by atoms with E-state index in [4.69, 9.17) is 5.26 Å². The standard InChI is InChI=1S/C12H20N4/c1-4-12(10-13,14-3)7-5-8-16-9-6-11(2)15-16/h6,9,14H,4-5,7-8H2,1-3H3. The van der Waals surface area contributed by atoms with Crippen LogP contribution in [0.15, 0.2) is 12.3 Å². The average molecular weight is 220 g/mol. The van der Waals surface area contributed by atoms with E-state index in [0.29, 0.717) is 0 Å². The fraction of sp³-hybridized carbons (Fsp3) is 0.667. The Labute approximate surface area is 97.3 Å². The average Bonchev–Trinajstić information content (AvgIpc) is 2.71. The van der Waals surface area contributed by atoms with E-state index < -0.39 is 0 Å². The van der Waals surface area contributed by atoms with E-state index in [0.717, 1.165) is 31.5 Å². The van der Waals surface area contributed by atoms with Crippen molar-refractivity contribution in [2.75, 3.05) is 7.05 Å². The highest BCUT2D eigenvalue weighted by atomic mass is 15.3. The molecule has 0 aliphatic rings. The lowest BCUT2D eigenvalue weighted by Gasteiger charge is -2.24. The molecule has 0 aliphatic heterocycles. The van der Waals surface area contributed by atoms with E-state index in [1.165, 1.54) is 0 Å². The van der Waals surface area contributed by atoms with Crippen LogP contribution in [-0.4, -0.2) is 22.4 Å². The molecule has 0 spiro atoms.